The molecule has 2 aliphatic rings. The van der Waals surface area contributed by atoms with Crippen molar-refractivity contribution in [3.8, 4) is 6.07 Å². The molecule has 1 aromatic heterocycles. The van der Waals surface area contributed by atoms with Crippen molar-refractivity contribution < 1.29 is 4.79 Å². The molecular formula is C19H18N4OS. The fourth-order valence-corrected chi connectivity index (χ4v) is 4.43. The van der Waals surface area contributed by atoms with Crippen molar-refractivity contribution in [1.82, 2.24) is 15.6 Å². The van der Waals surface area contributed by atoms with Crippen molar-refractivity contribution in [3.63, 3.8) is 0 Å². The zero-order chi connectivity index (χ0) is 17.2. The van der Waals surface area contributed by atoms with Gasteiger partial charge < -0.3 is 10.6 Å². The van der Waals surface area contributed by atoms with Crippen LogP contribution < -0.4 is 10.6 Å². The summed E-state index contributed by atoms with van der Waals surface area (Å²) < 4.78 is 0. The normalized spacial score (nSPS) is 24.0. The zero-order valence-electron chi connectivity index (χ0n) is 13.6. The lowest BCUT2D eigenvalue weighted by molar-refractivity contribution is 0.0931. The lowest BCUT2D eigenvalue weighted by atomic mass is 9.95. The first-order valence-electron chi connectivity index (χ1n) is 8.41. The number of benzene rings is 1. The SMILES string of the molecule is N#Cc1cncc(Sc2ccc(C(=O)NC3CC4CCC3N4)cc2)c1. The van der Waals surface area contributed by atoms with Gasteiger partial charge in [0, 0.05) is 45.9 Å². The topological polar surface area (TPSA) is 77.8 Å². The molecule has 0 radical (unpaired) electrons. The van der Waals surface area contributed by atoms with E-state index in [1.807, 2.05) is 24.3 Å². The Morgan fingerprint density at radius 2 is 2.08 bits per heavy atom. The molecule has 6 heteroatoms. The average molecular weight is 350 g/mol. The Bertz CT molecular complexity index is 830. The summed E-state index contributed by atoms with van der Waals surface area (Å²) >= 11 is 1.52. The number of fused-ring (bicyclic) bond motifs is 2. The molecule has 4 rings (SSSR count). The second-order valence-corrected chi connectivity index (χ2v) is 7.66. The molecule has 0 saturated carbocycles. The van der Waals surface area contributed by atoms with Gasteiger partial charge in [0.1, 0.15) is 6.07 Å². The highest BCUT2D eigenvalue weighted by Gasteiger charge is 2.39. The first-order chi connectivity index (χ1) is 12.2. The monoisotopic (exact) mass is 350 g/mol. The van der Waals surface area contributed by atoms with E-state index in [0.29, 0.717) is 23.2 Å². The summed E-state index contributed by atoms with van der Waals surface area (Å²) in [5.41, 5.74) is 1.22. The Morgan fingerprint density at radius 3 is 2.76 bits per heavy atom. The number of hydrogen-bond donors (Lipinski definition) is 2. The molecule has 0 aliphatic carbocycles. The summed E-state index contributed by atoms with van der Waals surface area (Å²) in [4.78, 5) is 18.4. The van der Waals surface area contributed by atoms with E-state index in [2.05, 4.69) is 21.7 Å². The van der Waals surface area contributed by atoms with Crippen molar-refractivity contribution in [2.24, 2.45) is 0 Å². The van der Waals surface area contributed by atoms with Gasteiger partial charge in [-0.3, -0.25) is 9.78 Å². The van der Waals surface area contributed by atoms with Gasteiger partial charge in [-0.2, -0.15) is 5.26 Å². The van der Waals surface area contributed by atoms with Gasteiger partial charge in [0.05, 0.1) is 5.56 Å². The van der Waals surface area contributed by atoms with Crippen LogP contribution in [-0.2, 0) is 0 Å². The first kappa shape index (κ1) is 16.1. The average Bonchev–Trinajstić information content (AvgIpc) is 3.25. The van der Waals surface area contributed by atoms with Gasteiger partial charge in [-0.05, 0) is 49.6 Å². The quantitative estimate of drug-likeness (QED) is 0.886. The zero-order valence-corrected chi connectivity index (χ0v) is 14.4. The molecule has 3 atom stereocenters. The number of nitrogens with one attached hydrogen (secondary N) is 2. The molecule has 2 fully saturated rings. The number of rotatable bonds is 4. The van der Waals surface area contributed by atoms with Crippen molar-refractivity contribution in [1.29, 1.82) is 5.26 Å². The van der Waals surface area contributed by atoms with Crippen molar-refractivity contribution in [2.75, 3.05) is 0 Å². The van der Waals surface area contributed by atoms with Gasteiger partial charge in [0.2, 0.25) is 0 Å². The predicted octanol–water partition coefficient (Wildman–Crippen LogP) is 2.73. The minimum Gasteiger partial charge on any atom is -0.348 e. The van der Waals surface area contributed by atoms with Crippen LogP contribution in [0.15, 0.2) is 52.5 Å². The summed E-state index contributed by atoms with van der Waals surface area (Å²) in [6, 6.07) is 12.7. The molecule has 0 spiro atoms. The van der Waals surface area contributed by atoms with Crippen molar-refractivity contribution >= 4 is 17.7 Å². The Hall–Kier alpha value is -2.36. The highest BCUT2D eigenvalue weighted by molar-refractivity contribution is 7.99. The van der Waals surface area contributed by atoms with Crippen LogP contribution in [0.25, 0.3) is 0 Å². The molecule has 2 bridgehead atoms. The maximum absolute atomic E-state index is 12.4. The molecule has 126 valence electrons. The smallest absolute Gasteiger partial charge is 0.251 e. The lowest BCUT2D eigenvalue weighted by Crippen LogP contribution is -2.42. The Morgan fingerprint density at radius 1 is 1.24 bits per heavy atom. The van der Waals surface area contributed by atoms with Crippen LogP contribution in [-0.4, -0.2) is 29.0 Å². The number of aromatic nitrogens is 1. The minimum absolute atomic E-state index is 0.0101. The van der Waals surface area contributed by atoms with Crippen LogP contribution >= 0.6 is 11.8 Å². The Balaban J connectivity index is 1.39. The molecule has 2 aliphatic heterocycles. The van der Waals surface area contributed by atoms with Gasteiger partial charge >= 0.3 is 0 Å². The highest BCUT2D eigenvalue weighted by Crippen LogP contribution is 2.29. The third-order valence-electron chi connectivity index (χ3n) is 4.81. The largest absolute Gasteiger partial charge is 0.348 e. The van der Waals surface area contributed by atoms with Crippen LogP contribution in [0, 0.1) is 11.3 Å². The maximum atomic E-state index is 12.4. The van der Waals surface area contributed by atoms with E-state index in [1.54, 1.807) is 18.5 Å². The van der Waals surface area contributed by atoms with Gasteiger partial charge in [-0.15, -0.1) is 0 Å². The molecular weight excluding hydrogens is 332 g/mol. The molecule has 2 saturated heterocycles. The van der Waals surface area contributed by atoms with Crippen LogP contribution in [0.4, 0.5) is 0 Å². The summed E-state index contributed by atoms with van der Waals surface area (Å²) in [7, 11) is 0. The fourth-order valence-electron chi connectivity index (χ4n) is 3.58. The van der Waals surface area contributed by atoms with E-state index in [0.717, 1.165) is 22.6 Å². The number of pyridine rings is 1. The standard InChI is InChI=1S/C19H18N4OS/c20-9-12-7-16(11-21-10-12)25-15-4-1-13(2-5-15)19(24)23-18-8-14-3-6-17(18)22-14/h1-2,4-5,7,10-11,14,17-18,22H,3,6,8H2,(H,23,24). The summed E-state index contributed by atoms with van der Waals surface area (Å²) in [6.45, 7) is 0. The number of carbonyl (C=O) groups excluding carboxylic acids is 1. The first-order valence-corrected chi connectivity index (χ1v) is 9.23. The number of nitriles is 1. The van der Waals surface area contributed by atoms with Crippen LogP contribution in [0.3, 0.4) is 0 Å². The summed E-state index contributed by atoms with van der Waals surface area (Å²) in [5, 5.41) is 15.6. The van der Waals surface area contributed by atoms with Crippen LogP contribution in [0.1, 0.15) is 35.2 Å². The third-order valence-corrected chi connectivity index (χ3v) is 5.78. The molecule has 2 aromatic rings. The number of carbonyl (C=O) groups is 1. The molecule has 2 N–H and O–H groups in total. The molecule has 25 heavy (non-hydrogen) atoms. The molecule has 1 aromatic carbocycles. The summed E-state index contributed by atoms with van der Waals surface area (Å²) in [5.74, 6) is -0.0101. The van der Waals surface area contributed by atoms with Crippen LogP contribution in [0.5, 0.6) is 0 Å². The van der Waals surface area contributed by atoms with Crippen molar-refractivity contribution in [3.05, 3.63) is 53.9 Å². The van der Waals surface area contributed by atoms with E-state index < -0.39 is 0 Å². The molecule has 3 unspecified atom stereocenters. The second kappa shape index (κ2) is 6.87. The van der Waals surface area contributed by atoms with E-state index in [-0.39, 0.29) is 11.9 Å². The molecule has 1 amide bonds. The number of amides is 1. The van der Waals surface area contributed by atoms with Gasteiger partial charge in [-0.25, -0.2) is 0 Å². The van der Waals surface area contributed by atoms with Gasteiger partial charge in [0.25, 0.3) is 5.91 Å². The van der Waals surface area contributed by atoms with E-state index in [1.165, 1.54) is 18.2 Å². The second-order valence-electron chi connectivity index (χ2n) is 6.51. The van der Waals surface area contributed by atoms with Crippen molar-refractivity contribution in [2.45, 2.75) is 47.2 Å². The lowest BCUT2D eigenvalue weighted by Gasteiger charge is -2.21. The number of hydrogen-bond acceptors (Lipinski definition) is 5. The van der Waals surface area contributed by atoms with Gasteiger partial charge in [0.15, 0.2) is 0 Å². The maximum Gasteiger partial charge on any atom is 0.251 e. The third kappa shape index (κ3) is 3.53. The summed E-state index contributed by atoms with van der Waals surface area (Å²) in [6.07, 6.45) is 6.69. The van der Waals surface area contributed by atoms with Crippen LogP contribution in [0.2, 0.25) is 0 Å². The fraction of sp³-hybridized carbons (Fsp3) is 0.316. The van der Waals surface area contributed by atoms with E-state index >= 15 is 0 Å². The Labute approximate surface area is 150 Å². The Kier molecular flexibility index (Phi) is 4.43. The molecule has 5 nitrogen and oxygen atoms in total. The highest BCUT2D eigenvalue weighted by atomic mass is 32.2. The van der Waals surface area contributed by atoms with E-state index in [9.17, 15) is 4.79 Å². The number of nitrogens with zero attached hydrogens (tertiary/aromatic N) is 2. The van der Waals surface area contributed by atoms with Gasteiger partial charge in [-0.1, -0.05) is 11.8 Å². The van der Waals surface area contributed by atoms with E-state index in [4.69, 9.17) is 5.26 Å². The minimum atomic E-state index is -0.0101. The molecule has 3 heterocycles. The predicted molar refractivity (Wildman–Crippen MR) is 95.3 cm³/mol.